The summed E-state index contributed by atoms with van der Waals surface area (Å²) in [5.41, 5.74) is 8.92. The summed E-state index contributed by atoms with van der Waals surface area (Å²) < 4.78 is 21.4. The lowest BCUT2D eigenvalue weighted by Crippen LogP contribution is -2.61. The van der Waals surface area contributed by atoms with Crippen LogP contribution < -0.4 is 4.74 Å². The van der Waals surface area contributed by atoms with Crippen molar-refractivity contribution in [3.63, 3.8) is 0 Å². The largest absolute Gasteiger partial charge is 0.493 e. The van der Waals surface area contributed by atoms with Gasteiger partial charge in [0.2, 0.25) is 0 Å². The molecule has 0 bridgehead atoms. The molecule has 366 valence electrons. The molecule has 1 saturated carbocycles. The molecule has 2 N–H and O–H groups in total. The Morgan fingerprint density at radius 2 is 1.09 bits per heavy atom. The molecule has 7 heteroatoms. The predicted octanol–water partition coefficient (Wildman–Crippen LogP) is 14.4. The van der Waals surface area contributed by atoms with Crippen molar-refractivity contribution in [3.8, 4) is 28.0 Å². The predicted molar refractivity (Wildman–Crippen MR) is 285 cm³/mol. The van der Waals surface area contributed by atoms with Crippen LogP contribution in [0.1, 0.15) is 208 Å². The smallest absolute Gasteiger partial charge is 0.167 e. The third kappa shape index (κ3) is 15.9. The van der Waals surface area contributed by atoms with Crippen LogP contribution in [0.25, 0.3) is 22.3 Å². The van der Waals surface area contributed by atoms with Gasteiger partial charge in [-0.2, -0.15) is 0 Å². The third-order valence-corrected chi connectivity index (χ3v) is 18.3. The van der Waals surface area contributed by atoms with E-state index in [4.69, 9.17) is 13.6 Å². The van der Waals surface area contributed by atoms with Crippen LogP contribution in [0.2, 0.25) is 10.1 Å². The fraction of sp³-hybridized carbons (Fsp3) is 0.690. The molecule has 1 fully saturated rings. The summed E-state index contributed by atoms with van der Waals surface area (Å²) in [6.45, 7) is 30.8. The molecule has 0 aliphatic heterocycles. The average molecular weight is 930 g/mol. The van der Waals surface area contributed by atoms with Crippen LogP contribution in [0.3, 0.4) is 0 Å². The first kappa shape index (κ1) is 55.3. The molecule has 0 heterocycles. The molecule has 0 spiro atoms. The summed E-state index contributed by atoms with van der Waals surface area (Å²) >= 11 is 0. The zero-order valence-electron chi connectivity index (χ0n) is 44.0. The number of benzene rings is 3. The highest BCUT2D eigenvalue weighted by Gasteiger charge is 2.56. The van der Waals surface area contributed by atoms with Gasteiger partial charge >= 0.3 is 0 Å². The quantitative estimate of drug-likeness (QED) is 0.0589. The molecule has 65 heavy (non-hydrogen) atoms. The van der Waals surface area contributed by atoms with Crippen LogP contribution in [-0.4, -0.2) is 60.8 Å². The Bertz CT molecular complexity index is 1790. The Labute approximate surface area is 403 Å². The summed E-state index contributed by atoms with van der Waals surface area (Å²) in [7, 11) is -1.72. The van der Waals surface area contributed by atoms with Crippen molar-refractivity contribution in [1.82, 2.24) is 0 Å². The van der Waals surface area contributed by atoms with E-state index in [-0.39, 0.29) is 28.7 Å². The molecular formula is C58H96O5Si2. The van der Waals surface area contributed by atoms with E-state index < -0.39 is 30.7 Å². The SMILES string of the molecule is CCCCCC1CCC(c2ccc(-c3ccc(-c4cc(CCCO)c(OCCC(CCCC)(C(C)(C)O[SiH2]C(C)(C)C)C(C)(C)O[SiH2]C(C)(C)C)c(CCCO)c4)cc3CC)cc2)CC1. The van der Waals surface area contributed by atoms with Gasteiger partial charge in [0.1, 0.15) is 5.75 Å². The van der Waals surface area contributed by atoms with Crippen LogP contribution in [0, 0.1) is 11.3 Å². The summed E-state index contributed by atoms with van der Waals surface area (Å²) in [5.74, 6) is 2.54. The van der Waals surface area contributed by atoms with Gasteiger partial charge in [-0.3, -0.25) is 0 Å². The molecule has 0 saturated heterocycles. The first-order chi connectivity index (χ1) is 30.7. The van der Waals surface area contributed by atoms with E-state index in [2.05, 4.69) is 145 Å². The van der Waals surface area contributed by atoms with Gasteiger partial charge in [0.05, 0.1) is 17.8 Å². The van der Waals surface area contributed by atoms with Crippen molar-refractivity contribution < 1.29 is 23.8 Å². The molecule has 5 nitrogen and oxygen atoms in total. The number of hydrogen-bond acceptors (Lipinski definition) is 5. The van der Waals surface area contributed by atoms with Crippen LogP contribution in [0.4, 0.5) is 0 Å². The summed E-state index contributed by atoms with van der Waals surface area (Å²) in [5, 5.41) is 20.6. The van der Waals surface area contributed by atoms with Crippen LogP contribution >= 0.6 is 0 Å². The van der Waals surface area contributed by atoms with Crippen molar-refractivity contribution >= 4 is 19.5 Å². The number of ether oxygens (including phenoxy) is 1. The molecule has 4 rings (SSSR count). The van der Waals surface area contributed by atoms with Crippen LogP contribution in [0.5, 0.6) is 5.75 Å². The first-order valence-electron chi connectivity index (χ1n) is 26.3. The summed E-state index contributed by atoms with van der Waals surface area (Å²) in [6.07, 6.45) is 18.6. The molecule has 0 amide bonds. The third-order valence-electron chi connectivity index (χ3n) is 14.8. The lowest BCUT2D eigenvalue weighted by Gasteiger charge is -2.57. The number of aliphatic hydroxyl groups is 2. The maximum Gasteiger partial charge on any atom is 0.167 e. The summed E-state index contributed by atoms with van der Waals surface area (Å²) in [6, 6.07) is 21.1. The van der Waals surface area contributed by atoms with Gasteiger partial charge in [-0.1, -0.05) is 143 Å². The topological polar surface area (TPSA) is 68.2 Å². The van der Waals surface area contributed by atoms with E-state index in [0.717, 1.165) is 67.7 Å². The van der Waals surface area contributed by atoms with Gasteiger partial charge in [0.25, 0.3) is 0 Å². The number of unbranched alkanes of at least 4 members (excludes halogenated alkanes) is 3. The van der Waals surface area contributed by atoms with Gasteiger partial charge in [0, 0.05) is 18.6 Å². The fourth-order valence-corrected chi connectivity index (χ4v) is 12.8. The molecule has 3 aromatic carbocycles. The highest BCUT2D eigenvalue weighted by molar-refractivity contribution is 6.32. The lowest BCUT2D eigenvalue weighted by atomic mass is 9.59. The standard InChI is InChI=1S/C58H96O5Si2/c1-14-17-19-22-43-25-27-45(28-26-43)46-29-31-47(32-30-46)52-34-33-48(40-44(52)16-3)51-41-49(23-20-37-59)53(50(42-51)24-21-38-60)61-39-36-58(35-18-15-2,56(10,11)62-64-54(4,5)6)57(12,13)63-65-55(7,8)9/h29-34,40-43,45,59-60H,14-28,35-39,64-65H2,1-13H3. The molecule has 3 aromatic rings. The Kier molecular flexibility index (Phi) is 21.6. The number of rotatable bonds is 27. The summed E-state index contributed by atoms with van der Waals surface area (Å²) in [4.78, 5) is 0. The minimum absolute atomic E-state index is 0.121. The van der Waals surface area contributed by atoms with Crippen molar-refractivity contribution in [2.75, 3.05) is 19.8 Å². The van der Waals surface area contributed by atoms with E-state index in [1.54, 1.807) is 0 Å². The van der Waals surface area contributed by atoms with Gasteiger partial charge in [-0.25, -0.2) is 0 Å². The molecule has 1 aliphatic rings. The second-order valence-electron chi connectivity index (χ2n) is 23.3. The zero-order valence-corrected chi connectivity index (χ0v) is 46.9. The van der Waals surface area contributed by atoms with Crippen molar-refractivity contribution in [1.29, 1.82) is 0 Å². The average Bonchev–Trinajstić information content (AvgIpc) is 3.27. The minimum Gasteiger partial charge on any atom is -0.493 e. The van der Waals surface area contributed by atoms with Crippen LogP contribution in [-0.2, 0) is 28.1 Å². The van der Waals surface area contributed by atoms with Gasteiger partial charge < -0.3 is 23.8 Å². The van der Waals surface area contributed by atoms with Gasteiger partial charge in [0.15, 0.2) is 19.5 Å². The number of hydrogen-bond donors (Lipinski definition) is 2. The Hall–Kier alpha value is -2.27. The van der Waals surface area contributed by atoms with E-state index in [9.17, 15) is 10.2 Å². The second-order valence-corrected chi connectivity index (χ2v) is 28.7. The minimum atomic E-state index is -0.859. The number of aryl methyl sites for hydroxylation is 3. The first-order valence-corrected chi connectivity index (χ1v) is 28.8. The van der Waals surface area contributed by atoms with Crippen LogP contribution in [0.15, 0.2) is 54.6 Å². The van der Waals surface area contributed by atoms with Crippen molar-refractivity contribution in [2.24, 2.45) is 11.3 Å². The molecule has 0 unspecified atom stereocenters. The molecule has 1 aliphatic carbocycles. The van der Waals surface area contributed by atoms with Gasteiger partial charge in [-0.05, 0) is 177 Å². The van der Waals surface area contributed by atoms with E-state index >= 15 is 0 Å². The van der Waals surface area contributed by atoms with Gasteiger partial charge in [-0.15, -0.1) is 0 Å². The zero-order chi connectivity index (χ0) is 47.9. The highest BCUT2D eigenvalue weighted by atomic mass is 28.2. The normalized spacial score (nSPS) is 17.7. The molecule has 0 aromatic heterocycles. The molecular weight excluding hydrogens is 833 g/mol. The highest BCUT2D eigenvalue weighted by Crippen LogP contribution is 2.53. The molecule has 0 atom stereocenters. The Balaban J connectivity index is 1.67. The van der Waals surface area contributed by atoms with Crippen molar-refractivity contribution in [2.45, 2.75) is 226 Å². The Morgan fingerprint density at radius 3 is 1.58 bits per heavy atom. The number of aliphatic hydroxyl groups excluding tert-OH is 2. The monoisotopic (exact) mass is 929 g/mol. The van der Waals surface area contributed by atoms with E-state index in [0.29, 0.717) is 25.4 Å². The fourth-order valence-electron chi connectivity index (χ4n) is 10.7. The van der Waals surface area contributed by atoms with Crippen molar-refractivity contribution in [3.05, 3.63) is 76.9 Å². The molecule has 0 radical (unpaired) electrons. The maximum absolute atomic E-state index is 10.1. The Morgan fingerprint density at radius 1 is 0.569 bits per heavy atom. The lowest BCUT2D eigenvalue weighted by molar-refractivity contribution is -0.158. The van der Waals surface area contributed by atoms with E-state index in [1.807, 2.05) is 0 Å². The van der Waals surface area contributed by atoms with E-state index in [1.165, 1.54) is 84.7 Å². The maximum atomic E-state index is 10.1. The second kappa shape index (κ2) is 25.4.